The van der Waals surface area contributed by atoms with Gasteiger partial charge in [-0.05, 0) is 169 Å². The zero-order valence-electron chi connectivity index (χ0n) is 38.7. The maximum Gasteiger partial charge on any atom is 1.00 e. The number of Topliss-reactive ketones (excluding diaryl/α,β-unsaturated/α-hetero) is 1. The molecular formula is C41H80IN4NaO7S5. The molecule has 0 aliphatic carbocycles. The molecular weight excluding hydrogens is 971 g/mol. The van der Waals surface area contributed by atoms with Crippen molar-refractivity contribution in [1.82, 2.24) is 19.6 Å². The van der Waals surface area contributed by atoms with Crippen LogP contribution in [0.5, 0.6) is 0 Å². The second-order valence-electron chi connectivity index (χ2n) is 19.3. The molecule has 14 fully saturated rings. The van der Waals surface area contributed by atoms with Crippen molar-refractivity contribution in [3.63, 3.8) is 0 Å². The minimum atomic E-state index is -2.13. The largest absolute Gasteiger partial charge is 1.00 e. The van der Waals surface area contributed by atoms with Crippen molar-refractivity contribution in [3.8, 4) is 0 Å². The van der Waals surface area contributed by atoms with Crippen LogP contribution >= 0.6 is 59.1 Å². The zero-order chi connectivity index (χ0) is 42.3. The summed E-state index contributed by atoms with van der Waals surface area (Å²) in [7, 11) is -1.67. The van der Waals surface area contributed by atoms with E-state index in [1.54, 1.807) is 31.3 Å². The summed E-state index contributed by atoms with van der Waals surface area (Å²) in [5.41, 5.74) is 0.581. The van der Waals surface area contributed by atoms with Gasteiger partial charge in [-0.1, -0.05) is 6.24 Å². The Morgan fingerprint density at radius 2 is 1.24 bits per heavy atom. The molecule has 0 aromatic carbocycles. The number of carbonyl (C=O) groups excluding carboxylic acids is 2. The maximum atomic E-state index is 11.0. The van der Waals surface area contributed by atoms with Gasteiger partial charge < -0.3 is 35.5 Å². The number of thioether (sulfide) groups is 1. The molecule has 14 aliphatic rings. The van der Waals surface area contributed by atoms with Gasteiger partial charge >= 0.3 is 29.6 Å². The van der Waals surface area contributed by atoms with E-state index in [9.17, 15) is 18.3 Å². The third kappa shape index (κ3) is 19.4. The SMILES string of the molecule is C1CN2CCC1C1(CO1)C2.C=S(C)(C)=O.CC1OC2(CS1)CN1CCC2CC1.CC=O.CS(C)(C)(=O)I.O=C1CN2CCC1CC2.OC1(CS)CN2CCC1CC2.S.[H-].[Na+]. The molecule has 8 bridgehead atoms. The number of piperidine rings is 12. The van der Waals surface area contributed by atoms with E-state index in [1.807, 2.05) is 33.0 Å². The molecule has 14 aliphatic heterocycles. The van der Waals surface area contributed by atoms with E-state index < -0.39 is 21.4 Å². The van der Waals surface area contributed by atoms with Crippen LogP contribution in [0.4, 0.5) is 0 Å². The molecule has 14 heterocycles. The van der Waals surface area contributed by atoms with E-state index in [4.69, 9.17) is 14.3 Å². The van der Waals surface area contributed by atoms with Crippen LogP contribution in [0.2, 0.25) is 0 Å². The van der Waals surface area contributed by atoms with Gasteiger partial charge in [0, 0.05) is 70.8 Å². The van der Waals surface area contributed by atoms with Crippen molar-refractivity contribution < 1.29 is 63.6 Å². The average molecular weight is 1050 g/mol. The third-order valence-electron chi connectivity index (χ3n) is 12.7. The molecule has 11 nitrogen and oxygen atoms in total. The Morgan fingerprint density at radius 1 is 0.881 bits per heavy atom. The molecule has 344 valence electrons. The molecule has 59 heavy (non-hydrogen) atoms. The second-order valence-corrected chi connectivity index (χ2v) is 37.3. The van der Waals surface area contributed by atoms with Gasteiger partial charge in [0.05, 0.1) is 24.4 Å². The number of ether oxygens (including phenoxy) is 2. The number of rotatable bonds is 1. The van der Waals surface area contributed by atoms with Crippen LogP contribution in [0, 0.1) is 23.7 Å². The first kappa shape index (κ1) is 57.1. The van der Waals surface area contributed by atoms with Gasteiger partial charge in [-0.15, -0.1) is 11.8 Å². The van der Waals surface area contributed by atoms with Crippen molar-refractivity contribution in [1.29, 1.82) is 0 Å². The van der Waals surface area contributed by atoms with Crippen LogP contribution in [0.3, 0.4) is 0 Å². The van der Waals surface area contributed by atoms with Gasteiger partial charge in [-0.2, -0.15) is 26.1 Å². The normalized spacial score (nSPS) is 40.5. The maximum absolute atomic E-state index is 11.0. The average Bonchev–Trinajstić information content (AvgIpc) is 3.80. The molecule has 0 radical (unpaired) electrons. The van der Waals surface area contributed by atoms with Crippen molar-refractivity contribution in [2.24, 2.45) is 23.7 Å². The van der Waals surface area contributed by atoms with Gasteiger partial charge in [0.1, 0.15) is 23.1 Å². The second kappa shape index (κ2) is 24.2. The smallest absolute Gasteiger partial charge is 1.00 e. The number of carbonyl (C=O) groups is 2. The number of aldehydes is 1. The summed E-state index contributed by atoms with van der Waals surface area (Å²) in [4.78, 5) is 29.5. The quantitative estimate of drug-likeness (QED) is 0.0746. The molecule has 4 unspecified atom stereocenters. The molecule has 1 N–H and O–H groups in total. The fraction of sp³-hybridized carbons (Fsp3) is 0.927. The van der Waals surface area contributed by atoms with Crippen LogP contribution in [-0.4, -0.2) is 201 Å². The molecule has 4 atom stereocenters. The molecule has 14 saturated heterocycles. The third-order valence-corrected chi connectivity index (χ3v) is 14.4. The van der Waals surface area contributed by atoms with E-state index in [1.165, 1.54) is 90.7 Å². The number of ketones is 1. The summed E-state index contributed by atoms with van der Waals surface area (Å²) in [6.45, 7) is 18.7. The number of hydrogen-bond donors (Lipinski definition) is 2. The van der Waals surface area contributed by atoms with Gasteiger partial charge in [-0.25, -0.2) is 0 Å². The van der Waals surface area contributed by atoms with Crippen LogP contribution in [-0.2, 0) is 34.8 Å². The number of aliphatic hydroxyl groups is 1. The van der Waals surface area contributed by atoms with Crippen molar-refractivity contribution in [3.05, 3.63) is 0 Å². The molecule has 0 aromatic rings. The van der Waals surface area contributed by atoms with E-state index in [0.717, 1.165) is 76.6 Å². The van der Waals surface area contributed by atoms with E-state index in [-0.39, 0.29) is 50.1 Å². The van der Waals surface area contributed by atoms with Gasteiger partial charge in [-0.3, -0.25) is 18.1 Å². The fourth-order valence-corrected chi connectivity index (χ4v) is 11.2. The Labute approximate surface area is 411 Å². The monoisotopic (exact) mass is 1050 g/mol. The first-order chi connectivity index (χ1) is 26.4. The molecule has 0 saturated carbocycles. The molecule has 14 rings (SSSR count). The first-order valence-electron chi connectivity index (χ1n) is 21.1. The standard InChI is InChI=1S/C10H17NOS.C8H15NOS.C8H13NO.C7H11NO.C3H9IOS.C3H8OS.C2H4O.Na.H2S.H/c1-8-12-10(7-13-8)6-11-4-2-9(10)3-5-11;10-8(6-11)5-9-3-1-7(8)2-4-9;1-3-9-4-2-7(1)8(5-9)6-10-8;9-7-5-8-3-1-6(7)2-4-8;1-6(2,3,4)5;1-5(2,3)4;1-2-3;;;/h8-9H,2-7H2,1H3;7,10-11H,1-6H2;7H,1-6H2;6H,1-5H2;1-3H3;1H2,2-3H3;2H,1H3;;1H2;/q;;;;;;;+1;;-1. The van der Waals surface area contributed by atoms with Crippen LogP contribution in [0.25, 0.3) is 0 Å². The minimum absolute atomic E-state index is 0. The minimum Gasteiger partial charge on any atom is -1.00 e. The number of fused-ring (bicyclic) bond motifs is 10. The van der Waals surface area contributed by atoms with Gasteiger partial charge in [0.2, 0.25) is 0 Å². The predicted octanol–water partition coefficient (Wildman–Crippen LogP) is 1.14. The fourth-order valence-electron chi connectivity index (χ4n) is 9.71. The molecule has 2 spiro atoms. The Kier molecular flexibility index (Phi) is 23.4. The van der Waals surface area contributed by atoms with Crippen molar-refractivity contribution >= 4 is 92.8 Å². The summed E-state index contributed by atoms with van der Waals surface area (Å²) in [5.74, 6) is 8.36. The number of thiol groups is 1. The number of halogens is 1. The number of epoxide rings is 1. The zero-order valence-corrected chi connectivity index (χ0v) is 46.2. The van der Waals surface area contributed by atoms with Crippen molar-refractivity contribution in [2.45, 2.75) is 87.5 Å². The van der Waals surface area contributed by atoms with Crippen LogP contribution in [0.15, 0.2) is 0 Å². The molecule has 0 amide bonds. The number of nitrogens with zero attached hydrogens (tertiary/aromatic N) is 4. The van der Waals surface area contributed by atoms with Gasteiger partial charge in [0.25, 0.3) is 0 Å². The van der Waals surface area contributed by atoms with E-state index >= 15 is 0 Å². The summed E-state index contributed by atoms with van der Waals surface area (Å²) < 4.78 is 32.5. The Balaban J connectivity index is 0.000000360. The van der Waals surface area contributed by atoms with Gasteiger partial charge in [0.15, 0.2) is 0 Å². The van der Waals surface area contributed by atoms with Crippen molar-refractivity contribution in [2.75, 3.05) is 128 Å². The Morgan fingerprint density at radius 3 is 1.42 bits per heavy atom. The summed E-state index contributed by atoms with van der Waals surface area (Å²) in [6.07, 6.45) is 17.2. The first-order valence-corrected chi connectivity index (χ1v) is 31.1. The van der Waals surface area contributed by atoms with E-state index in [2.05, 4.69) is 45.0 Å². The summed E-state index contributed by atoms with van der Waals surface area (Å²) >= 11 is 8.16. The topological polar surface area (TPSA) is 123 Å². The summed E-state index contributed by atoms with van der Waals surface area (Å²) in [6, 6.07) is 0. The Hall–Kier alpha value is 2.01. The molecule has 18 heteroatoms. The number of hydrogen-bond acceptors (Lipinski definition) is 13. The van der Waals surface area contributed by atoms with E-state index in [0.29, 0.717) is 34.4 Å². The van der Waals surface area contributed by atoms with Crippen LogP contribution < -0.4 is 29.6 Å². The summed E-state index contributed by atoms with van der Waals surface area (Å²) in [5, 5.41) is 10.1. The molecule has 0 aromatic heterocycles. The Bertz CT molecular complexity index is 1470. The van der Waals surface area contributed by atoms with Crippen LogP contribution in [0.1, 0.15) is 66.6 Å². The predicted molar refractivity (Wildman–Crippen MR) is 265 cm³/mol.